The summed E-state index contributed by atoms with van der Waals surface area (Å²) < 4.78 is 54.0. The van der Waals surface area contributed by atoms with Gasteiger partial charge in [-0.1, -0.05) is 48.5 Å². The van der Waals surface area contributed by atoms with E-state index in [9.17, 15) is 22.4 Å². The van der Waals surface area contributed by atoms with E-state index in [0.29, 0.717) is 10.6 Å². The highest BCUT2D eigenvalue weighted by Gasteiger charge is 2.37. The molecule has 0 saturated carbocycles. The molecule has 3 aromatic carbocycles. The Labute approximate surface area is 173 Å². The van der Waals surface area contributed by atoms with E-state index in [4.69, 9.17) is 0 Å². The number of carbonyl (C=O) groups excluding carboxylic acids is 1. The molecule has 7 heteroatoms. The molecule has 1 heterocycles. The summed E-state index contributed by atoms with van der Waals surface area (Å²) in [5.41, 5.74) is -0.161. The molecule has 2 unspecified atom stereocenters. The summed E-state index contributed by atoms with van der Waals surface area (Å²) in [7, 11) is 0.699. The van der Waals surface area contributed by atoms with Crippen LogP contribution in [-0.2, 0) is 11.0 Å². The molecule has 4 rings (SSSR count). The summed E-state index contributed by atoms with van der Waals surface area (Å²) in [6.07, 6.45) is -4.50. The van der Waals surface area contributed by atoms with Gasteiger partial charge in [-0.25, -0.2) is 4.39 Å². The van der Waals surface area contributed by atoms with Gasteiger partial charge in [-0.3, -0.25) is 9.79 Å². The Hall–Kier alpha value is -2.80. The van der Waals surface area contributed by atoms with Crippen molar-refractivity contribution >= 4 is 37.5 Å². The summed E-state index contributed by atoms with van der Waals surface area (Å²) >= 11 is 0. The summed E-state index contributed by atoms with van der Waals surface area (Å²) in [5, 5.41) is 3.76. The van der Waals surface area contributed by atoms with Gasteiger partial charge in [-0.05, 0) is 33.8 Å². The van der Waals surface area contributed by atoms with Crippen molar-refractivity contribution in [3.8, 4) is 0 Å². The fourth-order valence-corrected chi connectivity index (χ4v) is 5.86. The zero-order valence-corrected chi connectivity index (χ0v) is 16.7. The lowest BCUT2D eigenvalue weighted by atomic mass is 9.95. The maximum Gasteiger partial charge on any atom is 0.416 e. The molecule has 1 fully saturated rings. The molecule has 0 aromatic heterocycles. The van der Waals surface area contributed by atoms with Crippen molar-refractivity contribution in [2.45, 2.75) is 12.1 Å². The molecule has 1 aliphatic heterocycles. The standard InChI is InChI=1S/C23H17F4NOS/c1-28-22-21(15-6-4-7-16(11-15)23(25,26)27)20(29)13-30(22)12-18-17-8-3-2-5-14(17)9-10-19(18)24/h2-12,21H,13H2,1H3. The molecule has 2 atom stereocenters. The van der Waals surface area contributed by atoms with Gasteiger partial charge in [-0.15, -0.1) is 10.5 Å². The molecule has 0 aliphatic carbocycles. The van der Waals surface area contributed by atoms with Crippen molar-refractivity contribution in [3.63, 3.8) is 0 Å². The largest absolute Gasteiger partial charge is 0.416 e. The van der Waals surface area contributed by atoms with Crippen LogP contribution in [0.5, 0.6) is 0 Å². The average Bonchev–Trinajstić information content (AvgIpc) is 3.04. The van der Waals surface area contributed by atoms with Crippen LogP contribution in [0, 0.1) is 5.82 Å². The van der Waals surface area contributed by atoms with Crippen LogP contribution in [-0.4, -0.2) is 29.0 Å². The van der Waals surface area contributed by atoms with Crippen LogP contribution in [0.1, 0.15) is 22.6 Å². The number of benzene rings is 3. The molecule has 0 N–H and O–H groups in total. The molecule has 0 amide bonds. The smallest absolute Gasteiger partial charge is 0.298 e. The maximum absolute atomic E-state index is 14.6. The number of rotatable bonds is 2. The van der Waals surface area contributed by atoms with Gasteiger partial charge >= 0.3 is 6.18 Å². The molecule has 2 nitrogen and oxygen atoms in total. The third-order valence-corrected chi connectivity index (χ3v) is 7.15. The quantitative estimate of drug-likeness (QED) is 0.372. The summed E-state index contributed by atoms with van der Waals surface area (Å²) in [4.78, 5) is 17.0. The minimum Gasteiger partial charge on any atom is -0.298 e. The maximum atomic E-state index is 14.6. The number of fused-ring (bicyclic) bond motifs is 1. The number of hydrogen-bond donors (Lipinski definition) is 0. The lowest BCUT2D eigenvalue weighted by Gasteiger charge is -2.14. The Bertz CT molecular complexity index is 1210. The Morgan fingerprint density at radius 3 is 2.57 bits per heavy atom. The Morgan fingerprint density at radius 2 is 1.83 bits per heavy atom. The predicted octanol–water partition coefficient (Wildman–Crippen LogP) is 5.81. The average molecular weight is 431 g/mol. The molecular formula is C23H17F4NOS. The molecule has 1 saturated heterocycles. The first kappa shape index (κ1) is 20.5. The van der Waals surface area contributed by atoms with E-state index in [1.807, 2.05) is 18.2 Å². The molecule has 3 aromatic rings. The van der Waals surface area contributed by atoms with E-state index in [2.05, 4.69) is 4.99 Å². The van der Waals surface area contributed by atoms with Crippen molar-refractivity contribution in [3.05, 3.63) is 83.2 Å². The van der Waals surface area contributed by atoms with Gasteiger partial charge in [0.2, 0.25) is 0 Å². The number of ketones is 1. The predicted molar refractivity (Wildman–Crippen MR) is 114 cm³/mol. The zero-order valence-electron chi connectivity index (χ0n) is 15.9. The molecular weight excluding hydrogens is 414 g/mol. The van der Waals surface area contributed by atoms with Crippen molar-refractivity contribution in [1.29, 1.82) is 0 Å². The Morgan fingerprint density at radius 1 is 1.07 bits per heavy atom. The fourth-order valence-electron chi connectivity index (χ4n) is 3.70. The van der Waals surface area contributed by atoms with Gasteiger partial charge in [-0.2, -0.15) is 13.2 Å². The summed E-state index contributed by atoms with van der Waals surface area (Å²) in [6, 6.07) is 15.2. The number of alkyl halides is 3. The van der Waals surface area contributed by atoms with Crippen LogP contribution in [0.15, 0.2) is 65.7 Å². The summed E-state index contributed by atoms with van der Waals surface area (Å²) in [6.45, 7) is 0. The van der Waals surface area contributed by atoms with Gasteiger partial charge in [0.1, 0.15) is 5.82 Å². The Kier molecular flexibility index (Phi) is 5.32. The van der Waals surface area contributed by atoms with Crippen LogP contribution >= 0.6 is 10.5 Å². The van der Waals surface area contributed by atoms with Gasteiger partial charge in [0.15, 0.2) is 5.78 Å². The van der Waals surface area contributed by atoms with Crippen LogP contribution in [0.4, 0.5) is 17.6 Å². The van der Waals surface area contributed by atoms with E-state index in [1.54, 1.807) is 17.5 Å². The van der Waals surface area contributed by atoms with E-state index >= 15 is 0 Å². The summed E-state index contributed by atoms with van der Waals surface area (Å²) in [5.74, 6) is -1.38. The van der Waals surface area contributed by atoms with E-state index in [0.717, 1.165) is 22.9 Å². The lowest BCUT2D eigenvalue weighted by molar-refractivity contribution is -0.137. The van der Waals surface area contributed by atoms with Crippen LogP contribution in [0.2, 0.25) is 0 Å². The van der Waals surface area contributed by atoms with Gasteiger partial charge in [0, 0.05) is 12.6 Å². The molecule has 154 valence electrons. The van der Waals surface area contributed by atoms with Crippen LogP contribution < -0.4 is 0 Å². The van der Waals surface area contributed by atoms with Crippen molar-refractivity contribution in [2.75, 3.05) is 12.8 Å². The van der Waals surface area contributed by atoms with E-state index in [1.165, 1.54) is 25.2 Å². The number of nitrogens with zero attached hydrogens (tertiary/aromatic N) is 1. The molecule has 0 spiro atoms. The number of carbonyl (C=O) groups is 1. The second kappa shape index (κ2) is 7.80. The van der Waals surface area contributed by atoms with Gasteiger partial charge in [0.05, 0.1) is 22.3 Å². The van der Waals surface area contributed by atoms with Crippen LogP contribution in [0.3, 0.4) is 0 Å². The minimum absolute atomic E-state index is 0.0935. The molecule has 0 bridgehead atoms. The van der Waals surface area contributed by atoms with E-state index in [-0.39, 0.29) is 17.1 Å². The SMILES string of the molecule is CN=C1C(c2cccc(C(F)(F)F)c2)C(=O)CS1=Cc1c(F)ccc2ccccc12. The second-order valence-corrected chi connectivity index (χ2v) is 8.76. The first-order valence-electron chi connectivity index (χ1n) is 9.18. The highest BCUT2D eigenvalue weighted by molar-refractivity contribution is 8.29. The first-order chi connectivity index (χ1) is 14.3. The van der Waals surface area contributed by atoms with Gasteiger partial charge in [0.25, 0.3) is 0 Å². The third kappa shape index (κ3) is 3.69. The minimum atomic E-state index is -4.50. The zero-order chi connectivity index (χ0) is 21.5. The highest BCUT2D eigenvalue weighted by Crippen LogP contribution is 2.40. The molecule has 30 heavy (non-hydrogen) atoms. The number of hydrogen-bond acceptors (Lipinski definition) is 2. The van der Waals surface area contributed by atoms with Crippen molar-refractivity contribution < 1.29 is 22.4 Å². The first-order valence-corrected chi connectivity index (χ1v) is 10.6. The monoisotopic (exact) mass is 431 g/mol. The Balaban J connectivity index is 1.81. The lowest BCUT2D eigenvalue weighted by Crippen LogP contribution is -2.14. The normalized spacial score (nSPS) is 21.1. The topological polar surface area (TPSA) is 29.4 Å². The van der Waals surface area contributed by atoms with Crippen molar-refractivity contribution in [1.82, 2.24) is 0 Å². The fraction of sp³-hybridized carbons (Fsp3) is 0.174. The second-order valence-electron chi connectivity index (χ2n) is 6.96. The number of aliphatic imine (C=N–C) groups is 1. The molecule has 0 radical (unpaired) electrons. The number of halogens is 4. The highest BCUT2D eigenvalue weighted by atomic mass is 32.2. The van der Waals surface area contributed by atoms with Crippen LogP contribution in [0.25, 0.3) is 10.8 Å². The third-order valence-electron chi connectivity index (χ3n) is 5.08. The number of Topliss-reactive ketones (excluding diaryl/α,β-unsaturated/α-hetero) is 1. The van der Waals surface area contributed by atoms with E-state index < -0.39 is 34.0 Å². The molecule has 1 aliphatic rings. The van der Waals surface area contributed by atoms with Crippen molar-refractivity contribution in [2.24, 2.45) is 4.99 Å². The van der Waals surface area contributed by atoms with Gasteiger partial charge < -0.3 is 0 Å².